The highest BCUT2D eigenvalue weighted by atomic mass is 19.1. The van der Waals surface area contributed by atoms with Crippen LogP contribution in [0, 0.1) is 24.2 Å². The Hall–Kier alpha value is -2.65. The largest absolute Gasteiger partial charge is 0.385 e. The van der Waals surface area contributed by atoms with Crippen LogP contribution in [0.15, 0.2) is 84.7 Å². The van der Waals surface area contributed by atoms with E-state index in [1.54, 1.807) is 6.08 Å². The summed E-state index contributed by atoms with van der Waals surface area (Å²) in [5.74, 6) is 3.49. The Labute approximate surface area is 287 Å². The van der Waals surface area contributed by atoms with Gasteiger partial charge in [0.15, 0.2) is 0 Å². The Morgan fingerprint density at radius 3 is 1.91 bits per heavy atom. The van der Waals surface area contributed by atoms with E-state index in [1.165, 1.54) is 58.7 Å². The zero-order valence-corrected chi connectivity index (χ0v) is 32.3. The summed E-state index contributed by atoms with van der Waals surface area (Å²) in [6.45, 7) is 40.3. The molecule has 2 aliphatic rings. The van der Waals surface area contributed by atoms with Crippen LogP contribution in [0.3, 0.4) is 0 Å². The van der Waals surface area contributed by atoms with Gasteiger partial charge in [0.25, 0.3) is 0 Å². The molecule has 0 aromatic carbocycles. The van der Waals surface area contributed by atoms with Crippen LogP contribution in [0.1, 0.15) is 109 Å². The molecule has 4 atom stereocenters. The van der Waals surface area contributed by atoms with E-state index in [4.69, 9.17) is 11.5 Å². The van der Waals surface area contributed by atoms with Crippen LogP contribution >= 0.6 is 0 Å². The quantitative estimate of drug-likeness (QED) is 0.172. The molecule has 3 N–H and O–H groups in total. The number of nitrogens with one attached hydrogen (secondary N) is 1. The van der Waals surface area contributed by atoms with Crippen molar-refractivity contribution in [3.05, 3.63) is 84.7 Å². The maximum atomic E-state index is 11.0. The van der Waals surface area contributed by atoms with Crippen molar-refractivity contribution < 1.29 is 14.6 Å². The van der Waals surface area contributed by atoms with Gasteiger partial charge in [-0.05, 0) is 102 Å². The predicted molar refractivity (Wildman–Crippen MR) is 208 cm³/mol. The summed E-state index contributed by atoms with van der Waals surface area (Å²) in [4.78, 5) is 2.36. The fraction of sp³-hybridized carbons (Fsp3) is 0.610. The molecule has 0 saturated heterocycles. The Bertz CT molecular complexity index is 899. The molecule has 268 valence electrons. The number of hydrogen-bond acceptors (Lipinski definition) is 4. The Morgan fingerprint density at radius 1 is 1.13 bits per heavy atom. The molecule has 1 aliphatic carbocycles. The lowest BCUT2D eigenvalue weighted by molar-refractivity contribution is 0.233. The normalized spacial score (nSPS) is 18.2. The first-order chi connectivity index (χ1) is 21.7. The molecule has 1 heterocycles. The lowest BCUT2D eigenvalue weighted by Gasteiger charge is -2.27. The van der Waals surface area contributed by atoms with Gasteiger partial charge in [-0.3, -0.25) is 0 Å². The van der Waals surface area contributed by atoms with Crippen molar-refractivity contribution in [3.63, 3.8) is 0 Å². The lowest BCUT2D eigenvalue weighted by Crippen LogP contribution is -2.29. The molecule has 0 fully saturated rings. The van der Waals surface area contributed by atoms with Crippen molar-refractivity contribution in [3.8, 4) is 12.3 Å². The zero-order valence-electron chi connectivity index (χ0n) is 32.3. The summed E-state index contributed by atoms with van der Waals surface area (Å²) in [7, 11) is 2.17. The van der Waals surface area contributed by atoms with Crippen LogP contribution in [0.5, 0.6) is 0 Å². The van der Waals surface area contributed by atoms with Gasteiger partial charge in [0.1, 0.15) is 6.10 Å². The van der Waals surface area contributed by atoms with Crippen LogP contribution in [0.2, 0.25) is 0 Å². The molecule has 1 aliphatic heterocycles. The lowest BCUT2D eigenvalue weighted by atomic mass is 9.83. The summed E-state index contributed by atoms with van der Waals surface area (Å²) < 4.78 is 11.0. The summed E-state index contributed by atoms with van der Waals surface area (Å²) in [6, 6.07) is 0. The Morgan fingerprint density at radius 2 is 1.61 bits per heavy atom. The number of hydrogen-bond donors (Lipinski definition) is 3. The number of alkyl halides is 1. The number of nitrogens with zero attached hydrogens (tertiary/aromatic N) is 1. The average Bonchev–Trinajstić information content (AvgIpc) is 3.06. The molecule has 46 heavy (non-hydrogen) atoms. The molecule has 0 saturated carbocycles. The molecule has 4 unspecified atom stereocenters. The van der Waals surface area contributed by atoms with Crippen molar-refractivity contribution in [1.29, 1.82) is 0 Å². The average molecular weight is 647 g/mol. The Kier molecular flexibility index (Phi) is 42.3. The zero-order chi connectivity index (χ0) is 37.3. The monoisotopic (exact) mass is 647 g/mol. The molecule has 0 aromatic rings. The van der Waals surface area contributed by atoms with Gasteiger partial charge >= 0.3 is 0 Å². The van der Waals surface area contributed by atoms with Crippen molar-refractivity contribution in [2.45, 2.75) is 127 Å². The Balaban J connectivity index is -0.000000155. The van der Waals surface area contributed by atoms with Crippen molar-refractivity contribution in [1.82, 2.24) is 10.2 Å². The molecular formula is C41H75FN2O2. The molecule has 4 nitrogen and oxygen atoms in total. The van der Waals surface area contributed by atoms with Crippen LogP contribution < -0.4 is 5.32 Å². The maximum Gasteiger partial charge on any atom is 0.100 e. The summed E-state index contributed by atoms with van der Waals surface area (Å²) >= 11 is 0. The molecule has 0 bridgehead atoms. The van der Waals surface area contributed by atoms with Gasteiger partial charge in [-0.2, -0.15) is 0 Å². The van der Waals surface area contributed by atoms with E-state index in [0.717, 1.165) is 33.9 Å². The minimum atomic E-state index is -0.667. The van der Waals surface area contributed by atoms with Gasteiger partial charge < -0.3 is 20.4 Å². The first kappa shape index (κ1) is 52.9. The number of halogens is 1. The number of aliphatic hydroxyl groups is 2. The van der Waals surface area contributed by atoms with Gasteiger partial charge in [0, 0.05) is 24.2 Å². The summed E-state index contributed by atoms with van der Waals surface area (Å²) in [5.41, 5.74) is 5.04. The minimum Gasteiger partial charge on any atom is -0.385 e. The smallest absolute Gasteiger partial charge is 0.100 e. The van der Waals surface area contributed by atoms with E-state index in [0.29, 0.717) is 6.54 Å². The highest BCUT2D eigenvalue weighted by Gasteiger charge is 2.24. The number of allylic oxidation sites excluding steroid dienone is 4. The fourth-order valence-electron chi connectivity index (χ4n) is 3.83. The van der Waals surface area contributed by atoms with Gasteiger partial charge in [0.2, 0.25) is 0 Å². The fourth-order valence-corrected chi connectivity index (χ4v) is 3.83. The summed E-state index contributed by atoms with van der Waals surface area (Å²) in [5, 5.41) is 21.8. The van der Waals surface area contributed by atoms with E-state index in [9.17, 15) is 9.50 Å². The van der Waals surface area contributed by atoms with Crippen molar-refractivity contribution in [2.24, 2.45) is 11.8 Å². The van der Waals surface area contributed by atoms with Gasteiger partial charge in [-0.15, -0.1) is 26.2 Å². The van der Waals surface area contributed by atoms with Crippen molar-refractivity contribution >= 4 is 0 Å². The predicted octanol–water partition coefficient (Wildman–Crippen LogP) is 10.4. The molecule has 0 amide bonds. The van der Waals surface area contributed by atoms with E-state index < -0.39 is 12.3 Å². The van der Waals surface area contributed by atoms with E-state index in [2.05, 4.69) is 96.3 Å². The molecule has 5 heteroatoms. The number of aliphatic hydroxyl groups excluding tert-OH is 2. The third-order valence-electron chi connectivity index (χ3n) is 6.91. The maximum absolute atomic E-state index is 11.0. The first-order valence-electron chi connectivity index (χ1n) is 17.1. The molecule has 2 rings (SSSR count). The van der Waals surface area contributed by atoms with Crippen molar-refractivity contribution in [2.75, 3.05) is 26.7 Å². The second-order valence-electron chi connectivity index (χ2n) is 11.1. The highest BCUT2D eigenvalue weighted by Crippen LogP contribution is 2.31. The molecule has 0 radical (unpaired) electrons. The van der Waals surface area contributed by atoms with Gasteiger partial charge in [-0.1, -0.05) is 91.7 Å². The second-order valence-corrected chi connectivity index (χ2v) is 11.1. The van der Waals surface area contributed by atoms with E-state index in [-0.39, 0.29) is 12.0 Å². The second kappa shape index (κ2) is 36.8. The number of rotatable bonds is 9. The summed E-state index contributed by atoms with van der Waals surface area (Å²) in [6.07, 6.45) is 18.3. The van der Waals surface area contributed by atoms with Gasteiger partial charge in [-0.25, -0.2) is 4.39 Å². The topological polar surface area (TPSA) is 55.7 Å². The highest BCUT2D eigenvalue weighted by molar-refractivity contribution is 5.49. The minimum absolute atomic E-state index is 0.132. The van der Waals surface area contributed by atoms with E-state index in [1.807, 2.05) is 40.7 Å². The standard InChI is InChI=1S/C12H15NO.C8H16.C7H17N.C7H10O.C3H7F.C2H6.C2H4/c1-4-6-11-9(3)10(7-8-13-11)12(14)5-2;1-4-6-7-8(3)5-2;1-4-6-8(3)7-5-2;1-4-5(2)7(8)6(4)3;1-3(2)4;2*1-2/h1,5-7,9,12-14H,2,8H2,3H3;4,6,8H,5,7H2,1-3H3;4-7H2,1-3H3;7-8H,2H2,1,3H3;3H,1-2H3;1-2H3;1-2H2/b11-6+;6-4-;;;;;. The molecule has 0 aromatic heterocycles. The SMILES string of the molecule is C#C/C=C1/NCC=C(C(O)C=C)C1C.C/C=C\CC(C)CC.C=C.C=C1C(C)=C(C)C1O.CC.CC(C)F.CCCN(C)CCC. The number of terminal acetylenes is 1. The van der Waals surface area contributed by atoms with Gasteiger partial charge in [0.05, 0.1) is 12.3 Å². The third kappa shape index (κ3) is 28.8. The van der Waals surface area contributed by atoms with Crippen LogP contribution in [-0.4, -0.2) is 60.2 Å². The van der Waals surface area contributed by atoms with Crippen LogP contribution in [0.4, 0.5) is 4.39 Å². The first-order valence-corrected chi connectivity index (χ1v) is 17.1. The molecular weight excluding hydrogens is 571 g/mol. The van der Waals surface area contributed by atoms with Crippen LogP contribution in [0.25, 0.3) is 0 Å². The van der Waals surface area contributed by atoms with E-state index >= 15 is 0 Å². The molecule has 0 spiro atoms. The third-order valence-corrected chi connectivity index (χ3v) is 6.91. The van der Waals surface area contributed by atoms with Crippen LogP contribution in [-0.2, 0) is 0 Å².